The van der Waals surface area contributed by atoms with Crippen LogP contribution in [0.3, 0.4) is 0 Å². The number of rotatable bonds is 7. The molecule has 0 atom stereocenters. The number of ether oxygens (including phenoxy) is 1. The van der Waals surface area contributed by atoms with Crippen molar-refractivity contribution in [2.45, 2.75) is 13.3 Å². The van der Waals surface area contributed by atoms with Crippen molar-refractivity contribution < 1.29 is 9.53 Å². The lowest BCUT2D eigenvalue weighted by Crippen LogP contribution is -2.17. The molecule has 0 saturated heterocycles. The maximum atomic E-state index is 12.1. The minimum Gasteiger partial charge on any atom is -0.494 e. The average Bonchev–Trinajstić information content (AvgIpc) is 3.18. The van der Waals surface area contributed by atoms with Gasteiger partial charge in [0.05, 0.1) is 18.5 Å². The first kappa shape index (κ1) is 17.4. The zero-order valence-electron chi connectivity index (χ0n) is 14.5. The third kappa shape index (κ3) is 4.57. The van der Waals surface area contributed by atoms with Gasteiger partial charge in [0.2, 0.25) is 0 Å². The number of nitrogens with zero attached hydrogens (tertiary/aromatic N) is 2. The second kappa shape index (κ2) is 8.62. The highest BCUT2D eigenvalue weighted by Gasteiger charge is 2.10. The molecular formula is C20H20N4O2. The Morgan fingerprint density at radius 2 is 1.96 bits per heavy atom. The number of hydrazone groups is 1. The van der Waals surface area contributed by atoms with Gasteiger partial charge in [0.1, 0.15) is 11.4 Å². The SMILES string of the molecule is CCCOc1ccc(-c2cc(C(=O)NN=Cc3ccccc3)[nH]n2)cc1. The molecule has 0 spiro atoms. The molecule has 0 aliphatic rings. The van der Waals surface area contributed by atoms with Crippen molar-refractivity contribution in [1.82, 2.24) is 15.6 Å². The van der Waals surface area contributed by atoms with E-state index < -0.39 is 0 Å². The average molecular weight is 348 g/mol. The lowest BCUT2D eigenvalue weighted by atomic mass is 10.1. The maximum Gasteiger partial charge on any atom is 0.289 e. The Balaban J connectivity index is 1.61. The lowest BCUT2D eigenvalue weighted by molar-refractivity contribution is 0.0950. The molecule has 0 fully saturated rings. The molecule has 2 N–H and O–H groups in total. The monoisotopic (exact) mass is 348 g/mol. The number of hydrogen-bond donors (Lipinski definition) is 2. The third-order valence-electron chi connectivity index (χ3n) is 3.62. The molecule has 1 amide bonds. The predicted octanol–water partition coefficient (Wildman–Crippen LogP) is 3.63. The normalized spacial score (nSPS) is 10.8. The molecule has 2 aromatic carbocycles. The van der Waals surface area contributed by atoms with Gasteiger partial charge in [0, 0.05) is 5.56 Å². The fourth-order valence-electron chi connectivity index (χ4n) is 2.29. The van der Waals surface area contributed by atoms with Crippen LogP contribution in [0.2, 0.25) is 0 Å². The number of H-pyrrole nitrogens is 1. The molecule has 6 heteroatoms. The quantitative estimate of drug-likeness (QED) is 0.505. The first-order valence-corrected chi connectivity index (χ1v) is 8.43. The van der Waals surface area contributed by atoms with E-state index >= 15 is 0 Å². The van der Waals surface area contributed by atoms with E-state index in [1.54, 1.807) is 12.3 Å². The van der Waals surface area contributed by atoms with Crippen molar-refractivity contribution in [2.24, 2.45) is 5.10 Å². The molecule has 26 heavy (non-hydrogen) atoms. The fourth-order valence-corrected chi connectivity index (χ4v) is 2.29. The van der Waals surface area contributed by atoms with Crippen LogP contribution in [0, 0.1) is 0 Å². The molecule has 132 valence electrons. The highest BCUT2D eigenvalue weighted by atomic mass is 16.5. The Morgan fingerprint density at radius 3 is 2.69 bits per heavy atom. The summed E-state index contributed by atoms with van der Waals surface area (Å²) in [7, 11) is 0. The number of nitrogens with one attached hydrogen (secondary N) is 2. The van der Waals surface area contributed by atoms with Crippen LogP contribution in [0.4, 0.5) is 0 Å². The molecular weight excluding hydrogens is 328 g/mol. The molecule has 0 saturated carbocycles. The summed E-state index contributed by atoms with van der Waals surface area (Å²) in [6.45, 7) is 2.75. The summed E-state index contributed by atoms with van der Waals surface area (Å²) >= 11 is 0. The molecule has 3 rings (SSSR count). The van der Waals surface area contributed by atoms with E-state index in [1.165, 1.54) is 0 Å². The Kier molecular flexibility index (Phi) is 5.77. The smallest absolute Gasteiger partial charge is 0.289 e. The number of aromatic amines is 1. The van der Waals surface area contributed by atoms with Crippen LogP contribution in [0.1, 0.15) is 29.4 Å². The zero-order valence-corrected chi connectivity index (χ0v) is 14.5. The number of aromatic nitrogens is 2. The molecule has 1 heterocycles. The van der Waals surface area contributed by atoms with Crippen LogP contribution in [-0.4, -0.2) is 28.9 Å². The first-order chi connectivity index (χ1) is 12.8. The van der Waals surface area contributed by atoms with Crippen molar-refractivity contribution in [3.63, 3.8) is 0 Å². The second-order valence-corrected chi connectivity index (χ2v) is 5.65. The van der Waals surface area contributed by atoms with Gasteiger partial charge in [-0.05, 0) is 42.3 Å². The minimum atomic E-state index is -0.348. The molecule has 1 aromatic heterocycles. The number of carbonyl (C=O) groups is 1. The Labute approximate surface area is 151 Å². The number of carbonyl (C=O) groups excluding carboxylic acids is 1. The van der Waals surface area contributed by atoms with Gasteiger partial charge in [-0.3, -0.25) is 9.89 Å². The molecule has 0 radical (unpaired) electrons. The van der Waals surface area contributed by atoms with Crippen molar-refractivity contribution in [2.75, 3.05) is 6.61 Å². The Bertz CT molecular complexity index is 870. The van der Waals surface area contributed by atoms with Crippen LogP contribution in [0.25, 0.3) is 11.3 Å². The van der Waals surface area contributed by atoms with E-state index in [0.717, 1.165) is 23.3 Å². The maximum absolute atomic E-state index is 12.1. The van der Waals surface area contributed by atoms with Gasteiger partial charge >= 0.3 is 0 Å². The Morgan fingerprint density at radius 1 is 1.19 bits per heavy atom. The summed E-state index contributed by atoms with van der Waals surface area (Å²) in [5.41, 5.74) is 5.32. The number of benzene rings is 2. The van der Waals surface area contributed by atoms with E-state index in [1.807, 2.05) is 54.6 Å². The fraction of sp³-hybridized carbons (Fsp3) is 0.150. The van der Waals surface area contributed by atoms with Gasteiger partial charge in [0.15, 0.2) is 0 Å². The number of hydrogen-bond acceptors (Lipinski definition) is 4. The van der Waals surface area contributed by atoms with E-state index in [4.69, 9.17) is 4.74 Å². The lowest BCUT2D eigenvalue weighted by Gasteiger charge is -2.04. The van der Waals surface area contributed by atoms with Crippen molar-refractivity contribution >= 4 is 12.1 Å². The summed E-state index contributed by atoms with van der Waals surface area (Å²) in [6.07, 6.45) is 2.55. The molecule has 6 nitrogen and oxygen atoms in total. The minimum absolute atomic E-state index is 0.344. The highest BCUT2D eigenvalue weighted by molar-refractivity contribution is 5.94. The van der Waals surface area contributed by atoms with Gasteiger partial charge in [-0.2, -0.15) is 10.2 Å². The molecule has 0 aliphatic carbocycles. The summed E-state index contributed by atoms with van der Waals surface area (Å²) in [6, 6.07) is 18.8. The molecule has 0 unspecified atom stereocenters. The predicted molar refractivity (Wildman–Crippen MR) is 101 cm³/mol. The van der Waals surface area contributed by atoms with Crippen molar-refractivity contribution in [1.29, 1.82) is 0 Å². The standard InChI is InChI=1S/C20H20N4O2/c1-2-12-26-17-10-8-16(9-11-17)18-13-19(23-22-18)20(25)24-21-14-15-6-4-3-5-7-15/h3-11,13-14H,2,12H2,1H3,(H,22,23)(H,24,25). The Hall–Kier alpha value is -3.41. The van der Waals surface area contributed by atoms with Crippen LogP contribution in [0.15, 0.2) is 65.8 Å². The van der Waals surface area contributed by atoms with Gasteiger partial charge in [-0.25, -0.2) is 5.43 Å². The van der Waals surface area contributed by atoms with Crippen LogP contribution < -0.4 is 10.2 Å². The summed E-state index contributed by atoms with van der Waals surface area (Å²) in [5, 5.41) is 10.9. The van der Waals surface area contributed by atoms with Crippen LogP contribution >= 0.6 is 0 Å². The van der Waals surface area contributed by atoms with Crippen LogP contribution in [0.5, 0.6) is 5.75 Å². The van der Waals surface area contributed by atoms with Gasteiger partial charge < -0.3 is 4.74 Å². The molecule has 3 aromatic rings. The topological polar surface area (TPSA) is 79.4 Å². The van der Waals surface area contributed by atoms with Gasteiger partial charge in [0.25, 0.3) is 5.91 Å². The second-order valence-electron chi connectivity index (χ2n) is 5.65. The van der Waals surface area contributed by atoms with E-state index in [2.05, 4.69) is 27.6 Å². The summed E-state index contributed by atoms with van der Waals surface area (Å²) in [5.74, 6) is 0.471. The largest absolute Gasteiger partial charge is 0.494 e. The van der Waals surface area contributed by atoms with Crippen molar-refractivity contribution in [3.8, 4) is 17.0 Å². The summed E-state index contributed by atoms with van der Waals surface area (Å²) in [4.78, 5) is 12.1. The van der Waals surface area contributed by atoms with E-state index in [-0.39, 0.29) is 5.91 Å². The van der Waals surface area contributed by atoms with Crippen LogP contribution in [-0.2, 0) is 0 Å². The molecule has 0 aliphatic heterocycles. The molecule has 0 bridgehead atoms. The van der Waals surface area contributed by atoms with Gasteiger partial charge in [-0.15, -0.1) is 0 Å². The van der Waals surface area contributed by atoms with E-state index in [9.17, 15) is 4.79 Å². The number of amides is 1. The van der Waals surface area contributed by atoms with E-state index in [0.29, 0.717) is 18.0 Å². The summed E-state index contributed by atoms with van der Waals surface area (Å²) < 4.78 is 5.56. The third-order valence-corrected chi connectivity index (χ3v) is 3.62. The first-order valence-electron chi connectivity index (χ1n) is 8.43. The van der Waals surface area contributed by atoms with Crippen molar-refractivity contribution in [3.05, 3.63) is 71.9 Å². The highest BCUT2D eigenvalue weighted by Crippen LogP contribution is 2.21. The van der Waals surface area contributed by atoms with Gasteiger partial charge in [-0.1, -0.05) is 37.3 Å². The zero-order chi connectivity index (χ0) is 18.2.